The number of carbonyl (C=O) groups excluding carboxylic acids is 1. The van der Waals surface area contributed by atoms with E-state index in [0.29, 0.717) is 18.9 Å². The molecule has 98 valence electrons. The number of carboxylic acids is 1. The van der Waals surface area contributed by atoms with Crippen molar-refractivity contribution in [3.05, 3.63) is 0 Å². The third-order valence-electron chi connectivity index (χ3n) is 3.44. The van der Waals surface area contributed by atoms with E-state index in [0.717, 1.165) is 0 Å². The van der Waals surface area contributed by atoms with Crippen LogP contribution in [-0.4, -0.2) is 41.6 Å². The highest BCUT2D eigenvalue weighted by Gasteiger charge is 2.25. The lowest BCUT2D eigenvalue weighted by molar-refractivity contribution is -0.137. The fourth-order valence-electron chi connectivity index (χ4n) is 1.93. The highest BCUT2D eigenvalue weighted by atomic mass is 16.4. The Hall–Kier alpha value is -1.26. The predicted molar refractivity (Wildman–Crippen MR) is 64.8 cm³/mol. The second-order valence-electron chi connectivity index (χ2n) is 4.85. The van der Waals surface area contributed by atoms with Crippen LogP contribution in [0.2, 0.25) is 0 Å². The molecule has 0 spiro atoms. The van der Waals surface area contributed by atoms with Gasteiger partial charge in [0.1, 0.15) is 0 Å². The van der Waals surface area contributed by atoms with Crippen molar-refractivity contribution in [3.8, 4) is 0 Å². The van der Waals surface area contributed by atoms with Crippen LogP contribution >= 0.6 is 0 Å². The van der Waals surface area contributed by atoms with Crippen molar-refractivity contribution in [1.82, 2.24) is 10.2 Å². The maximum atomic E-state index is 11.7. The zero-order chi connectivity index (χ0) is 12.8. The summed E-state index contributed by atoms with van der Waals surface area (Å²) >= 11 is 0. The molecule has 0 aliphatic heterocycles. The SMILES string of the molecule is CC(NC(=O)N(C)CCCC(=O)O)C1CCC1. The minimum absolute atomic E-state index is 0.102. The van der Waals surface area contributed by atoms with Crippen LogP contribution in [0, 0.1) is 5.92 Å². The van der Waals surface area contributed by atoms with Gasteiger partial charge in [0.15, 0.2) is 0 Å². The fourth-order valence-corrected chi connectivity index (χ4v) is 1.93. The van der Waals surface area contributed by atoms with Gasteiger partial charge < -0.3 is 15.3 Å². The molecule has 2 amide bonds. The van der Waals surface area contributed by atoms with Crippen molar-refractivity contribution in [2.75, 3.05) is 13.6 Å². The van der Waals surface area contributed by atoms with Crippen molar-refractivity contribution in [2.45, 2.75) is 45.1 Å². The van der Waals surface area contributed by atoms with Gasteiger partial charge in [-0.1, -0.05) is 6.42 Å². The maximum Gasteiger partial charge on any atom is 0.317 e. The van der Waals surface area contributed by atoms with E-state index in [-0.39, 0.29) is 18.5 Å². The van der Waals surface area contributed by atoms with Crippen LogP contribution in [0.15, 0.2) is 0 Å². The summed E-state index contributed by atoms with van der Waals surface area (Å²) < 4.78 is 0. The van der Waals surface area contributed by atoms with Crippen molar-refractivity contribution in [3.63, 3.8) is 0 Å². The molecule has 17 heavy (non-hydrogen) atoms. The van der Waals surface area contributed by atoms with Gasteiger partial charge in [-0.15, -0.1) is 0 Å². The zero-order valence-electron chi connectivity index (χ0n) is 10.6. The van der Waals surface area contributed by atoms with Gasteiger partial charge in [-0.3, -0.25) is 4.79 Å². The number of aliphatic carboxylic acids is 1. The van der Waals surface area contributed by atoms with E-state index < -0.39 is 5.97 Å². The molecule has 0 aromatic heterocycles. The molecule has 5 heteroatoms. The second-order valence-corrected chi connectivity index (χ2v) is 4.85. The molecule has 1 fully saturated rings. The first-order valence-corrected chi connectivity index (χ1v) is 6.24. The fraction of sp³-hybridized carbons (Fsp3) is 0.833. The molecule has 0 aromatic carbocycles. The Morgan fingerprint density at radius 2 is 2.12 bits per heavy atom. The van der Waals surface area contributed by atoms with Crippen molar-refractivity contribution < 1.29 is 14.7 Å². The molecule has 1 aliphatic carbocycles. The molecule has 0 heterocycles. The first-order chi connectivity index (χ1) is 8.00. The summed E-state index contributed by atoms with van der Waals surface area (Å²) in [5, 5.41) is 11.5. The minimum Gasteiger partial charge on any atom is -0.481 e. The molecule has 1 unspecified atom stereocenters. The Bertz CT molecular complexity index is 277. The number of carbonyl (C=O) groups is 2. The van der Waals surface area contributed by atoms with Crippen LogP contribution < -0.4 is 5.32 Å². The minimum atomic E-state index is -0.818. The number of urea groups is 1. The van der Waals surface area contributed by atoms with Crippen molar-refractivity contribution in [2.24, 2.45) is 5.92 Å². The third-order valence-corrected chi connectivity index (χ3v) is 3.44. The number of rotatable bonds is 6. The highest BCUT2D eigenvalue weighted by Crippen LogP contribution is 2.29. The third kappa shape index (κ3) is 4.63. The van der Waals surface area contributed by atoms with Gasteiger partial charge in [0.25, 0.3) is 0 Å². The average Bonchev–Trinajstić information content (AvgIpc) is 2.13. The maximum absolute atomic E-state index is 11.7. The molecule has 0 saturated heterocycles. The molecule has 1 atom stereocenters. The van der Waals surface area contributed by atoms with E-state index in [9.17, 15) is 9.59 Å². The highest BCUT2D eigenvalue weighted by molar-refractivity contribution is 5.74. The summed E-state index contributed by atoms with van der Waals surface area (Å²) in [5.74, 6) is -0.201. The van der Waals surface area contributed by atoms with Crippen LogP contribution in [0.5, 0.6) is 0 Å². The molecule has 0 aromatic rings. The van der Waals surface area contributed by atoms with Crippen LogP contribution in [0.25, 0.3) is 0 Å². The number of nitrogens with zero attached hydrogens (tertiary/aromatic N) is 1. The van der Waals surface area contributed by atoms with Gasteiger partial charge in [0.05, 0.1) is 0 Å². The lowest BCUT2D eigenvalue weighted by Crippen LogP contribution is -2.46. The number of nitrogens with one attached hydrogen (secondary N) is 1. The Kier molecular flexibility index (Phi) is 5.25. The first kappa shape index (κ1) is 13.8. The van der Waals surface area contributed by atoms with Crippen LogP contribution in [0.3, 0.4) is 0 Å². The largest absolute Gasteiger partial charge is 0.481 e. The summed E-state index contributed by atoms with van der Waals surface area (Å²) in [5.41, 5.74) is 0. The quantitative estimate of drug-likeness (QED) is 0.744. The monoisotopic (exact) mass is 242 g/mol. The Balaban J connectivity index is 2.18. The molecule has 5 nitrogen and oxygen atoms in total. The molecule has 1 aliphatic rings. The standard InChI is InChI=1S/C12H22N2O3/c1-9(10-5-3-6-10)13-12(17)14(2)8-4-7-11(15)16/h9-10H,3-8H2,1-2H3,(H,13,17)(H,15,16). The van der Waals surface area contributed by atoms with Gasteiger partial charge in [-0.25, -0.2) is 4.79 Å². The number of hydrogen-bond acceptors (Lipinski definition) is 2. The summed E-state index contributed by atoms with van der Waals surface area (Å²) in [6.07, 6.45) is 4.26. The van der Waals surface area contributed by atoms with E-state index >= 15 is 0 Å². The summed E-state index contributed by atoms with van der Waals surface area (Å²) in [4.78, 5) is 23.6. The van der Waals surface area contributed by atoms with E-state index in [4.69, 9.17) is 5.11 Å². The Morgan fingerprint density at radius 3 is 2.59 bits per heavy atom. The summed E-state index contributed by atoms with van der Waals surface area (Å²) in [6.45, 7) is 2.52. The predicted octanol–water partition coefficient (Wildman–Crippen LogP) is 1.68. The zero-order valence-corrected chi connectivity index (χ0v) is 10.6. The second kappa shape index (κ2) is 6.47. The number of carboxylic acid groups (broad SMARTS) is 1. The van der Waals surface area contributed by atoms with Crippen LogP contribution in [0.1, 0.15) is 39.0 Å². The molecule has 0 radical (unpaired) electrons. The number of hydrogen-bond donors (Lipinski definition) is 2. The Morgan fingerprint density at radius 1 is 1.47 bits per heavy atom. The van der Waals surface area contributed by atoms with E-state index in [1.807, 2.05) is 6.92 Å². The van der Waals surface area contributed by atoms with Gasteiger partial charge >= 0.3 is 12.0 Å². The van der Waals surface area contributed by atoms with Gasteiger partial charge in [-0.2, -0.15) is 0 Å². The van der Waals surface area contributed by atoms with Gasteiger partial charge in [0, 0.05) is 26.1 Å². The molecule has 1 saturated carbocycles. The molecular formula is C12H22N2O3. The topological polar surface area (TPSA) is 69.6 Å². The molecule has 2 N–H and O–H groups in total. The number of amides is 2. The molecule has 0 bridgehead atoms. The lowest BCUT2D eigenvalue weighted by atomic mass is 9.80. The smallest absolute Gasteiger partial charge is 0.317 e. The van der Waals surface area contributed by atoms with E-state index in [1.54, 1.807) is 11.9 Å². The average molecular weight is 242 g/mol. The van der Waals surface area contributed by atoms with Crippen molar-refractivity contribution in [1.29, 1.82) is 0 Å². The van der Waals surface area contributed by atoms with E-state index in [1.165, 1.54) is 19.3 Å². The normalized spacial score (nSPS) is 17.1. The summed E-state index contributed by atoms with van der Waals surface area (Å²) in [6, 6.07) is 0.118. The lowest BCUT2D eigenvalue weighted by Gasteiger charge is -2.33. The molecular weight excluding hydrogens is 220 g/mol. The molecule has 1 rings (SSSR count). The van der Waals surface area contributed by atoms with E-state index in [2.05, 4.69) is 5.32 Å². The van der Waals surface area contributed by atoms with Crippen molar-refractivity contribution >= 4 is 12.0 Å². The van der Waals surface area contributed by atoms with Crippen LogP contribution in [0.4, 0.5) is 4.79 Å². The van der Waals surface area contributed by atoms with Gasteiger partial charge in [-0.05, 0) is 32.1 Å². The Labute approximate surface area is 102 Å². The first-order valence-electron chi connectivity index (χ1n) is 6.24. The van der Waals surface area contributed by atoms with Gasteiger partial charge in [0.2, 0.25) is 0 Å². The summed E-state index contributed by atoms with van der Waals surface area (Å²) in [7, 11) is 1.70. The van der Waals surface area contributed by atoms with Crippen LogP contribution in [-0.2, 0) is 4.79 Å².